The Kier molecular flexibility index (Phi) is 5.42. The van der Waals surface area contributed by atoms with E-state index in [1.54, 1.807) is 0 Å². The molecule has 17 heavy (non-hydrogen) atoms. The van der Waals surface area contributed by atoms with Crippen LogP contribution in [0.3, 0.4) is 0 Å². The fourth-order valence-corrected chi connectivity index (χ4v) is 2.70. The molecule has 1 unspecified atom stereocenters. The highest BCUT2D eigenvalue weighted by Crippen LogP contribution is 2.28. The quantitative estimate of drug-likeness (QED) is 0.579. The SMILES string of the molecule is C[Si](C)OCC(Br)c1cccc(C(C)(C)C)c1. The molecule has 0 spiro atoms. The third kappa shape index (κ3) is 4.94. The monoisotopic (exact) mass is 313 g/mol. The maximum atomic E-state index is 5.74. The van der Waals surface area contributed by atoms with E-state index in [0.717, 1.165) is 6.61 Å². The van der Waals surface area contributed by atoms with Crippen LogP contribution >= 0.6 is 15.9 Å². The maximum Gasteiger partial charge on any atom is 0.204 e. The van der Waals surface area contributed by atoms with E-state index >= 15 is 0 Å². The van der Waals surface area contributed by atoms with Crippen molar-refractivity contribution in [1.82, 2.24) is 0 Å². The van der Waals surface area contributed by atoms with Crippen molar-refractivity contribution >= 4 is 25.0 Å². The zero-order valence-electron chi connectivity index (χ0n) is 11.4. The summed E-state index contributed by atoms with van der Waals surface area (Å²) in [5, 5.41) is 0. The van der Waals surface area contributed by atoms with E-state index in [0.29, 0.717) is 4.83 Å². The largest absolute Gasteiger partial charge is 0.416 e. The van der Waals surface area contributed by atoms with Crippen LogP contribution in [0, 0.1) is 0 Å². The van der Waals surface area contributed by atoms with E-state index in [-0.39, 0.29) is 5.41 Å². The predicted octanol–water partition coefficient (Wildman–Crippen LogP) is 4.69. The van der Waals surface area contributed by atoms with Gasteiger partial charge in [0.05, 0.1) is 11.4 Å². The number of hydrogen-bond donors (Lipinski definition) is 0. The van der Waals surface area contributed by atoms with Gasteiger partial charge in [0.1, 0.15) is 0 Å². The molecule has 0 aliphatic heterocycles. The summed E-state index contributed by atoms with van der Waals surface area (Å²) in [4.78, 5) is 0.296. The van der Waals surface area contributed by atoms with Crippen molar-refractivity contribution in [3.63, 3.8) is 0 Å². The molecule has 0 aliphatic rings. The molecule has 0 heterocycles. The summed E-state index contributed by atoms with van der Waals surface area (Å²) in [7, 11) is -0.605. The van der Waals surface area contributed by atoms with Gasteiger partial charge >= 0.3 is 0 Å². The molecule has 0 saturated carbocycles. The van der Waals surface area contributed by atoms with Crippen LogP contribution in [0.15, 0.2) is 24.3 Å². The molecule has 0 bridgehead atoms. The maximum absolute atomic E-state index is 5.74. The van der Waals surface area contributed by atoms with Crippen LogP contribution in [0.5, 0.6) is 0 Å². The molecule has 1 rings (SSSR count). The zero-order chi connectivity index (χ0) is 13.1. The lowest BCUT2D eigenvalue weighted by atomic mass is 9.86. The van der Waals surface area contributed by atoms with Gasteiger partial charge in [0.15, 0.2) is 0 Å². The average molecular weight is 314 g/mol. The van der Waals surface area contributed by atoms with Crippen molar-refractivity contribution in [2.24, 2.45) is 0 Å². The molecule has 3 heteroatoms. The summed E-state index contributed by atoms with van der Waals surface area (Å²) in [5.74, 6) is 0. The summed E-state index contributed by atoms with van der Waals surface area (Å²) < 4.78 is 5.74. The van der Waals surface area contributed by atoms with Gasteiger partial charge in [0.2, 0.25) is 9.04 Å². The van der Waals surface area contributed by atoms with Crippen molar-refractivity contribution in [1.29, 1.82) is 0 Å². The molecule has 0 saturated heterocycles. The van der Waals surface area contributed by atoms with Gasteiger partial charge in [-0.3, -0.25) is 0 Å². The predicted molar refractivity (Wildman–Crippen MR) is 80.2 cm³/mol. The van der Waals surface area contributed by atoms with Crippen LogP contribution in [0.1, 0.15) is 36.7 Å². The Labute approximate surface area is 115 Å². The van der Waals surface area contributed by atoms with Gasteiger partial charge in [-0.2, -0.15) is 0 Å². The van der Waals surface area contributed by atoms with Gasteiger partial charge in [0.25, 0.3) is 0 Å². The Balaban J connectivity index is 2.77. The van der Waals surface area contributed by atoms with E-state index in [1.807, 2.05) is 0 Å². The second-order valence-corrected chi connectivity index (χ2v) is 8.77. The van der Waals surface area contributed by atoms with E-state index in [1.165, 1.54) is 11.1 Å². The van der Waals surface area contributed by atoms with Crippen molar-refractivity contribution in [2.45, 2.75) is 44.1 Å². The lowest BCUT2D eigenvalue weighted by Gasteiger charge is -2.21. The highest BCUT2D eigenvalue weighted by atomic mass is 79.9. The van der Waals surface area contributed by atoms with Crippen molar-refractivity contribution < 1.29 is 4.43 Å². The van der Waals surface area contributed by atoms with Crippen molar-refractivity contribution in [2.75, 3.05) is 6.61 Å². The van der Waals surface area contributed by atoms with Crippen LogP contribution in [0.4, 0.5) is 0 Å². The molecule has 1 radical (unpaired) electrons. The third-order valence-corrected chi connectivity index (χ3v) is 4.17. The third-order valence-electron chi connectivity index (χ3n) is 2.63. The minimum Gasteiger partial charge on any atom is -0.416 e. The molecule has 1 aromatic rings. The van der Waals surface area contributed by atoms with Crippen LogP contribution in [0.2, 0.25) is 13.1 Å². The molecule has 0 amide bonds. The second kappa shape index (κ2) is 6.16. The molecule has 1 atom stereocenters. The number of halogens is 1. The fraction of sp³-hybridized carbons (Fsp3) is 0.571. The minimum absolute atomic E-state index is 0.202. The Morgan fingerprint density at radius 2 is 1.94 bits per heavy atom. The Hall–Kier alpha value is -0.123. The summed E-state index contributed by atoms with van der Waals surface area (Å²) in [6.07, 6.45) is 0. The summed E-state index contributed by atoms with van der Waals surface area (Å²) in [6, 6.07) is 8.77. The lowest BCUT2D eigenvalue weighted by Crippen LogP contribution is -2.14. The van der Waals surface area contributed by atoms with Crippen LogP contribution in [-0.4, -0.2) is 15.6 Å². The molecule has 0 fully saturated rings. The number of alkyl halides is 1. The first-order valence-electron chi connectivity index (χ1n) is 5.98. The number of benzene rings is 1. The molecule has 0 N–H and O–H groups in total. The van der Waals surface area contributed by atoms with Crippen molar-refractivity contribution in [3.05, 3.63) is 35.4 Å². The van der Waals surface area contributed by atoms with Crippen LogP contribution in [0.25, 0.3) is 0 Å². The highest BCUT2D eigenvalue weighted by Gasteiger charge is 2.16. The summed E-state index contributed by atoms with van der Waals surface area (Å²) in [6.45, 7) is 11.8. The Morgan fingerprint density at radius 1 is 1.29 bits per heavy atom. The first kappa shape index (κ1) is 14.9. The van der Waals surface area contributed by atoms with Gasteiger partial charge in [-0.25, -0.2) is 0 Å². The molecule has 1 nitrogen and oxygen atoms in total. The molecule has 0 aliphatic carbocycles. The van der Waals surface area contributed by atoms with Gasteiger partial charge in [-0.05, 0) is 29.6 Å². The topological polar surface area (TPSA) is 9.23 Å². The smallest absolute Gasteiger partial charge is 0.204 e. The van der Waals surface area contributed by atoms with E-state index < -0.39 is 9.04 Å². The average Bonchev–Trinajstić information content (AvgIpc) is 2.25. The van der Waals surface area contributed by atoms with E-state index in [2.05, 4.69) is 74.1 Å². The lowest BCUT2D eigenvalue weighted by molar-refractivity contribution is 0.329. The van der Waals surface area contributed by atoms with Crippen LogP contribution < -0.4 is 0 Å². The van der Waals surface area contributed by atoms with E-state index in [4.69, 9.17) is 4.43 Å². The summed E-state index contributed by atoms with van der Waals surface area (Å²) >= 11 is 3.71. The standard InChI is InChI=1S/C14H22BrOSi/c1-14(2,3)12-8-6-7-11(9-12)13(15)10-16-17(4)5/h6-9,13H,10H2,1-5H3. The Morgan fingerprint density at radius 3 is 2.47 bits per heavy atom. The zero-order valence-corrected chi connectivity index (χ0v) is 14.0. The second-order valence-electron chi connectivity index (χ2n) is 5.56. The molecule has 95 valence electrons. The van der Waals surface area contributed by atoms with Gasteiger partial charge < -0.3 is 4.43 Å². The Bertz CT molecular complexity index is 357. The van der Waals surface area contributed by atoms with Gasteiger partial charge in [0, 0.05) is 0 Å². The molecular weight excluding hydrogens is 292 g/mol. The molecule has 0 aromatic heterocycles. The fourth-order valence-electron chi connectivity index (χ4n) is 1.54. The first-order valence-corrected chi connectivity index (χ1v) is 9.30. The number of rotatable bonds is 4. The first-order chi connectivity index (χ1) is 7.80. The molecular formula is C14H22BrOSi. The van der Waals surface area contributed by atoms with Crippen LogP contribution in [-0.2, 0) is 9.84 Å². The normalized spacial score (nSPS) is 14.1. The van der Waals surface area contributed by atoms with Crippen molar-refractivity contribution in [3.8, 4) is 0 Å². The van der Waals surface area contributed by atoms with Gasteiger partial charge in [-0.15, -0.1) is 0 Å². The summed E-state index contributed by atoms with van der Waals surface area (Å²) in [5.41, 5.74) is 2.88. The van der Waals surface area contributed by atoms with Gasteiger partial charge in [-0.1, -0.05) is 61.0 Å². The minimum atomic E-state index is -0.605. The van der Waals surface area contributed by atoms with E-state index in [9.17, 15) is 0 Å². The number of hydrogen-bond acceptors (Lipinski definition) is 1. The molecule has 1 aromatic carbocycles. The highest BCUT2D eigenvalue weighted by molar-refractivity contribution is 9.09.